The van der Waals surface area contributed by atoms with E-state index >= 15 is 0 Å². The summed E-state index contributed by atoms with van der Waals surface area (Å²) in [6.45, 7) is 0. The Morgan fingerprint density at radius 3 is 1.88 bits per heavy atom. The van der Waals surface area contributed by atoms with Crippen LogP contribution in [0.15, 0.2) is 84.9 Å². The van der Waals surface area contributed by atoms with Gasteiger partial charge in [0.2, 0.25) is 11.8 Å². The molecule has 2 aliphatic rings. The van der Waals surface area contributed by atoms with Gasteiger partial charge in [0.1, 0.15) is 11.8 Å². The highest BCUT2D eigenvalue weighted by Gasteiger charge is 2.68. The van der Waals surface area contributed by atoms with Gasteiger partial charge in [-0.2, -0.15) is 0 Å². The van der Waals surface area contributed by atoms with Crippen molar-refractivity contribution in [1.29, 1.82) is 0 Å². The summed E-state index contributed by atoms with van der Waals surface area (Å²) in [5.41, 5.74) is 0.921. The van der Waals surface area contributed by atoms with Crippen molar-refractivity contribution in [3.63, 3.8) is 0 Å². The van der Waals surface area contributed by atoms with E-state index in [1.54, 1.807) is 31.4 Å². The van der Waals surface area contributed by atoms with Gasteiger partial charge in [-0.25, -0.2) is 4.90 Å². The van der Waals surface area contributed by atoms with Gasteiger partial charge in [-0.1, -0.05) is 60.7 Å². The second kappa shape index (κ2) is 8.43. The number of ether oxygens (including phenoxy) is 2. The maximum atomic E-state index is 14.1. The minimum absolute atomic E-state index is 0.369. The summed E-state index contributed by atoms with van der Waals surface area (Å²) >= 11 is 0. The lowest BCUT2D eigenvalue weighted by Gasteiger charge is -2.36. The van der Waals surface area contributed by atoms with Crippen LogP contribution in [0.1, 0.15) is 11.1 Å². The molecule has 5 rings (SSSR count). The Hall–Kier alpha value is -3.97. The number of methoxy groups -OCH3 is 2. The van der Waals surface area contributed by atoms with Crippen LogP contribution in [0.5, 0.6) is 5.75 Å². The van der Waals surface area contributed by atoms with E-state index in [-0.39, 0.29) is 5.91 Å². The zero-order valence-corrected chi connectivity index (χ0v) is 18.8. The third-order valence-corrected chi connectivity index (χ3v) is 6.80. The molecule has 7 nitrogen and oxygen atoms in total. The number of esters is 1. The summed E-state index contributed by atoms with van der Waals surface area (Å²) in [6, 6.07) is 24.7. The molecule has 7 heteroatoms. The third-order valence-electron chi connectivity index (χ3n) is 6.80. The molecule has 3 aromatic rings. The zero-order chi connectivity index (χ0) is 23.9. The van der Waals surface area contributed by atoms with Gasteiger partial charge in [-0.3, -0.25) is 19.7 Å². The summed E-state index contributed by atoms with van der Waals surface area (Å²) < 4.78 is 10.3. The summed E-state index contributed by atoms with van der Waals surface area (Å²) in [6.07, 6.45) is 0. The van der Waals surface area contributed by atoms with Crippen molar-refractivity contribution in [2.45, 2.75) is 11.6 Å². The molecule has 3 unspecified atom stereocenters. The van der Waals surface area contributed by atoms with Crippen LogP contribution in [-0.2, 0) is 24.7 Å². The van der Waals surface area contributed by atoms with Crippen molar-refractivity contribution in [1.82, 2.24) is 5.32 Å². The fourth-order valence-corrected chi connectivity index (χ4v) is 5.32. The summed E-state index contributed by atoms with van der Waals surface area (Å²) in [7, 11) is 2.83. The second-order valence-electron chi connectivity index (χ2n) is 8.40. The lowest BCUT2D eigenvalue weighted by Crippen LogP contribution is -2.51. The first-order chi connectivity index (χ1) is 16.5. The molecule has 2 heterocycles. The Kier molecular flexibility index (Phi) is 5.42. The van der Waals surface area contributed by atoms with E-state index in [4.69, 9.17) is 9.47 Å². The van der Waals surface area contributed by atoms with Gasteiger partial charge in [-0.05, 0) is 35.4 Å². The molecule has 2 saturated heterocycles. The molecule has 2 aliphatic heterocycles. The molecule has 2 fully saturated rings. The maximum absolute atomic E-state index is 14.1. The van der Waals surface area contributed by atoms with Crippen LogP contribution < -0.4 is 15.0 Å². The molecule has 0 radical (unpaired) electrons. The van der Waals surface area contributed by atoms with E-state index in [9.17, 15) is 14.4 Å². The van der Waals surface area contributed by atoms with Crippen molar-refractivity contribution in [3.8, 4) is 5.75 Å². The number of carbonyl (C=O) groups is 3. The third kappa shape index (κ3) is 3.12. The molecular formula is C27H24N2O5. The quantitative estimate of drug-likeness (QED) is 0.470. The van der Waals surface area contributed by atoms with E-state index in [1.165, 1.54) is 12.0 Å². The normalized spacial score (nSPS) is 23.0. The molecule has 0 spiro atoms. The van der Waals surface area contributed by atoms with E-state index in [2.05, 4.69) is 5.32 Å². The van der Waals surface area contributed by atoms with Gasteiger partial charge in [0.15, 0.2) is 0 Å². The van der Waals surface area contributed by atoms with Crippen molar-refractivity contribution in [2.24, 2.45) is 11.8 Å². The Morgan fingerprint density at radius 1 is 0.824 bits per heavy atom. The standard InChI is InChI=1S/C27H24N2O5/c1-33-20-15-13-19(14-16-20)29-24(30)21-22(25(29)31)27(17-9-5-3-6-10-17,18-11-7-4-8-12-18)28-23(21)26(32)34-2/h3-16,21-23,28H,1-2H3. The zero-order valence-electron chi connectivity index (χ0n) is 18.8. The predicted molar refractivity (Wildman–Crippen MR) is 125 cm³/mol. The number of fused-ring (bicyclic) bond motifs is 1. The Balaban J connectivity index is 1.72. The Bertz CT molecular complexity index is 1190. The predicted octanol–water partition coefficient (Wildman–Crippen LogP) is 2.89. The maximum Gasteiger partial charge on any atom is 0.323 e. The Labute approximate surface area is 197 Å². The summed E-state index contributed by atoms with van der Waals surface area (Å²) in [5, 5.41) is 3.38. The highest BCUT2D eigenvalue weighted by Crippen LogP contribution is 2.52. The number of amides is 2. The first-order valence-electron chi connectivity index (χ1n) is 11.0. The van der Waals surface area contributed by atoms with Crippen molar-refractivity contribution in [3.05, 3.63) is 96.1 Å². The molecule has 1 N–H and O–H groups in total. The van der Waals surface area contributed by atoms with Crippen LogP contribution in [-0.4, -0.2) is 38.0 Å². The number of rotatable bonds is 5. The second-order valence-corrected chi connectivity index (χ2v) is 8.40. The Morgan fingerprint density at radius 2 is 1.38 bits per heavy atom. The molecule has 172 valence electrons. The highest BCUT2D eigenvalue weighted by atomic mass is 16.5. The van der Waals surface area contributed by atoms with Gasteiger partial charge < -0.3 is 9.47 Å². The van der Waals surface area contributed by atoms with Crippen LogP contribution in [0, 0.1) is 11.8 Å². The monoisotopic (exact) mass is 456 g/mol. The topological polar surface area (TPSA) is 84.9 Å². The SMILES string of the molecule is COC(=O)C1NC(c2ccccc2)(c2ccccc2)C2C(=O)N(c3ccc(OC)cc3)C(=O)C12. The van der Waals surface area contributed by atoms with Crippen molar-refractivity contribution < 1.29 is 23.9 Å². The minimum atomic E-state index is -1.10. The largest absolute Gasteiger partial charge is 0.497 e. The van der Waals surface area contributed by atoms with Crippen LogP contribution in [0.25, 0.3) is 0 Å². The molecule has 2 amide bonds. The molecule has 0 aliphatic carbocycles. The average molecular weight is 456 g/mol. The van der Waals surface area contributed by atoms with Crippen LogP contribution in [0.3, 0.4) is 0 Å². The summed E-state index contributed by atoms with van der Waals surface area (Å²) in [4.78, 5) is 41.9. The van der Waals surface area contributed by atoms with Crippen LogP contribution in [0.2, 0.25) is 0 Å². The fourth-order valence-electron chi connectivity index (χ4n) is 5.32. The van der Waals surface area contributed by atoms with Gasteiger partial charge in [0.25, 0.3) is 0 Å². The molecule has 3 atom stereocenters. The van der Waals surface area contributed by atoms with Crippen molar-refractivity contribution >= 4 is 23.5 Å². The smallest absolute Gasteiger partial charge is 0.323 e. The van der Waals surface area contributed by atoms with Crippen molar-refractivity contribution in [2.75, 3.05) is 19.1 Å². The molecule has 3 aromatic carbocycles. The first-order valence-corrected chi connectivity index (χ1v) is 11.0. The van der Waals surface area contributed by atoms with Gasteiger partial charge in [0, 0.05) is 0 Å². The number of carbonyl (C=O) groups excluding carboxylic acids is 3. The van der Waals surface area contributed by atoms with E-state index in [0.29, 0.717) is 11.4 Å². The summed E-state index contributed by atoms with van der Waals surface area (Å²) in [5.74, 6) is -2.55. The number of hydrogen-bond donors (Lipinski definition) is 1. The molecule has 0 saturated carbocycles. The lowest BCUT2D eigenvalue weighted by atomic mass is 9.72. The van der Waals surface area contributed by atoms with Gasteiger partial charge >= 0.3 is 5.97 Å². The van der Waals surface area contributed by atoms with Crippen LogP contribution in [0.4, 0.5) is 5.69 Å². The molecular weight excluding hydrogens is 432 g/mol. The molecule has 34 heavy (non-hydrogen) atoms. The lowest BCUT2D eigenvalue weighted by molar-refractivity contribution is -0.145. The number of anilines is 1. The van der Waals surface area contributed by atoms with Crippen LogP contribution >= 0.6 is 0 Å². The van der Waals surface area contributed by atoms with Gasteiger partial charge in [-0.15, -0.1) is 0 Å². The number of hydrogen-bond acceptors (Lipinski definition) is 6. The minimum Gasteiger partial charge on any atom is -0.497 e. The number of nitrogens with zero attached hydrogens (tertiary/aromatic N) is 1. The fraction of sp³-hybridized carbons (Fsp3) is 0.222. The number of imide groups is 1. The van der Waals surface area contributed by atoms with E-state index in [1.807, 2.05) is 60.7 Å². The first kappa shape index (κ1) is 21.9. The highest BCUT2D eigenvalue weighted by molar-refractivity contribution is 6.24. The number of benzene rings is 3. The number of nitrogens with one attached hydrogen (secondary N) is 1. The van der Waals surface area contributed by atoms with Gasteiger partial charge in [0.05, 0.1) is 37.3 Å². The van der Waals surface area contributed by atoms with E-state index in [0.717, 1.165) is 11.1 Å². The molecule has 0 bridgehead atoms. The van der Waals surface area contributed by atoms with E-state index < -0.39 is 35.3 Å². The average Bonchev–Trinajstić information content (AvgIpc) is 3.39. The molecule has 0 aromatic heterocycles.